The average Bonchev–Trinajstić information content (AvgIpc) is 2.39. The number of carbonyl (C=O) groups is 2. The Balaban J connectivity index is 2.77. The molecule has 0 saturated heterocycles. The SMILES string of the molecule is CC(C)C[C@H](CN)CC(=O)Nc1ccc(F)cc1C(=O)O. The van der Waals surface area contributed by atoms with Gasteiger partial charge in [0.05, 0.1) is 11.3 Å². The molecule has 0 aliphatic carbocycles. The van der Waals surface area contributed by atoms with E-state index in [-0.39, 0.29) is 29.5 Å². The predicted octanol–water partition coefficient (Wildman–Crippen LogP) is 2.47. The number of halogens is 1. The van der Waals surface area contributed by atoms with Gasteiger partial charge in [0.15, 0.2) is 0 Å². The molecule has 6 heteroatoms. The number of nitrogens with one attached hydrogen (secondary N) is 1. The molecule has 0 unspecified atom stereocenters. The van der Waals surface area contributed by atoms with Crippen molar-refractivity contribution in [3.05, 3.63) is 29.6 Å². The monoisotopic (exact) mass is 296 g/mol. The van der Waals surface area contributed by atoms with E-state index in [4.69, 9.17) is 10.8 Å². The van der Waals surface area contributed by atoms with Gasteiger partial charge in [0, 0.05) is 6.42 Å². The number of nitrogens with two attached hydrogens (primary N) is 1. The van der Waals surface area contributed by atoms with Gasteiger partial charge >= 0.3 is 5.97 Å². The number of benzene rings is 1. The number of carboxylic acids is 1. The van der Waals surface area contributed by atoms with Gasteiger partial charge in [0.1, 0.15) is 5.82 Å². The zero-order valence-electron chi connectivity index (χ0n) is 12.2. The lowest BCUT2D eigenvalue weighted by Gasteiger charge is -2.17. The van der Waals surface area contributed by atoms with E-state index in [0.29, 0.717) is 12.5 Å². The Kier molecular flexibility index (Phi) is 6.30. The van der Waals surface area contributed by atoms with Crippen molar-refractivity contribution in [1.29, 1.82) is 0 Å². The fraction of sp³-hybridized carbons (Fsp3) is 0.467. The fourth-order valence-corrected chi connectivity index (χ4v) is 2.20. The van der Waals surface area contributed by atoms with Crippen LogP contribution in [0, 0.1) is 17.7 Å². The van der Waals surface area contributed by atoms with E-state index in [9.17, 15) is 14.0 Å². The first kappa shape index (κ1) is 17.1. The van der Waals surface area contributed by atoms with E-state index in [2.05, 4.69) is 5.32 Å². The lowest BCUT2D eigenvalue weighted by atomic mass is 9.94. The van der Waals surface area contributed by atoms with Crippen LogP contribution in [0.2, 0.25) is 0 Å². The number of rotatable bonds is 7. The van der Waals surface area contributed by atoms with Crippen molar-refractivity contribution in [2.75, 3.05) is 11.9 Å². The maximum Gasteiger partial charge on any atom is 0.337 e. The highest BCUT2D eigenvalue weighted by molar-refractivity contribution is 6.00. The molecule has 0 radical (unpaired) electrons. The van der Waals surface area contributed by atoms with E-state index < -0.39 is 11.8 Å². The van der Waals surface area contributed by atoms with Crippen molar-refractivity contribution in [2.45, 2.75) is 26.7 Å². The van der Waals surface area contributed by atoms with Crippen LogP contribution in [0.4, 0.5) is 10.1 Å². The molecule has 0 saturated carbocycles. The number of hydrogen-bond donors (Lipinski definition) is 3. The molecule has 0 aromatic heterocycles. The third-order valence-corrected chi connectivity index (χ3v) is 3.10. The van der Waals surface area contributed by atoms with Crippen LogP contribution in [-0.4, -0.2) is 23.5 Å². The van der Waals surface area contributed by atoms with Crippen LogP contribution < -0.4 is 11.1 Å². The van der Waals surface area contributed by atoms with Crippen LogP contribution in [0.15, 0.2) is 18.2 Å². The van der Waals surface area contributed by atoms with E-state index in [1.807, 2.05) is 13.8 Å². The number of aromatic carboxylic acids is 1. The molecule has 1 atom stereocenters. The Labute approximate surface area is 123 Å². The molecule has 4 N–H and O–H groups in total. The molecular weight excluding hydrogens is 275 g/mol. The van der Waals surface area contributed by atoms with Crippen LogP contribution >= 0.6 is 0 Å². The Morgan fingerprint density at radius 3 is 2.57 bits per heavy atom. The van der Waals surface area contributed by atoms with Crippen LogP contribution in [-0.2, 0) is 4.79 Å². The summed E-state index contributed by atoms with van der Waals surface area (Å²) in [5.41, 5.74) is 5.46. The van der Waals surface area contributed by atoms with Gasteiger partial charge in [-0.15, -0.1) is 0 Å². The topological polar surface area (TPSA) is 92.4 Å². The van der Waals surface area contributed by atoms with E-state index in [1.165, 1.54) is 6.07 Å². The molecule has 1 rings (SSSR count). The molecule has 5 nitrogen and oxygen atoms in total. The minimum absolute atomic E-state index is 0.0405. The van der Waals surface area contributed by atoms with Gasteiger partial charge in [0.2, 0.25) is 5.91 Å². The second kappa shape index (κ2) is 7.73. The van der Waals surface area contributed by atoms with Gasteiger partial charge in [0.25, 0.3) is 0 Å². The second-order valence-electron chi connectivity index (χ2n) is 5.48. The fourth-order valence-electron chi connectivity index (χ4n) is 2.20. The maximum atomic E-state index is 13.1. The molecule has 0 heterocycles. The third kappa shape index (κ3) is 5.51. The summed E-state index contributed by atoms with van der Waals surface area (Å²) >= 11 is 0. The van der Waals surface area contributed by atoms with Gasteiger partial charge < -0.3 is 16.2 Å². The molecule has 1 aromatic carbocycles. The summed E-state index contributed by atoms with van der Waals surface area (Å²) in [5.74, 6) is -1.81. The zero-order chi connectivity index (χ0) is 16.0. The van der Waals surface area contributed by atoms with Crippen molar-refractivity contribution in [1.82, 2.24) is 0 Å². The summed E-state index contributed by atoms with van der Waals surface area (Å²) in [6.07, 6.45) is 1.03. The standard InChI is InChI=1S/C15H21FN2O3/c1-9(2)5-10(8-17)6-14(19)18-13-4-3-11(16)7-12(13)15(20)21/h3-4,7,9-10H,5-6,8,17H2,1-2H3,(H,18,19)(H,20,21)/t10-/m0/s1. The number of hydrogen-bond acceptors (Lipinski definition) is 3. The molecule has 0 spiro atoms. The molecule has 0 bridgehead atoms. The highest BCUT2D eigenvalue weighted by atomic mass is 19.1. The average molecular weight is 296 g/mol. The maximum absolute atomic E-state index is 13.1. The molecule has 0 aliphatic heterocycles. The smallest absolute Gasteiger partial charge is 0.337 e. The van der Waals surface area contributed by atoms with Crippen molar-refractivity contribution in [3.63, 3.8) is 0 Å². The lowest BCUT2D eigenvalue weighted by Crippen LogP contribution is -2.24. The van der Waals surface area contributed by atoms with Gasteiger partial charge in [-0.25, -0.2) is 9.18 Å². The minimum atomic E-state index is -1.29. The van der Waals surface area contributed by atoms with Crippen LogP contribution in [0.3, 0.4) is 0 Å². The largest absolute Gasteiger partial charge is 0.478 e. The quantitative estimate of drug-likeness (QED) is 0.720. The number of anilines is 1. The summed E-state index contributed by atoms with van der Waals surface area (Å²) in [7, 11) is 0. The molecule has 0 aliphatic rings. The third-order valence-electron chi connectivity index (χ3n) is 3.10. The van der Waals surface area contributed by atoms with E-state index in [1.54, 1.807) is 0 Å². The van der Waals surface area contributed by atoms with E-state index >= 15 is 0 Å². The normalized spacial score (nSPS) is 12.2. The van der Waals surface area contributed by atoms with Crippen molar-refractivity contribution >= 4 is 17.6 Å². The molecule has 1 aromatic rings. The first-order valence-electron chi connectivity index (χ1n) is 6.86. The molecule has 21 heavy (non-hydrogen) atoms. The van der Waals surface area contributed by atoms with Gasteiger partial charge in [-0.3, -0.25) is 4.79 Å². The molecule has 0 fully saturated rings. The van der Waals surface area contributed by atoms with Crippen LogP contribution in [0.5, 0.6) is 0 Å². The summed E-state index contributed by atoms with van der Waals surface area (Å²) in [6.45, 7) is 4.48. The van der Waals surface area contributed by atoms with Crippen molar-refractivity contribution < 1.29 is 19.1 Å². The molecule has 1 amide bonds. The second-order valence-corrected chi connectivity index (χ2v) is 5.48. The van der Waals surface area contributed by atoms with Crippen LogP contribution in [0.25, 0.3) is 0 Å². The number of carbonyl (C=O) groups excluding carboxylic acids is 1. The minimum Gasteiger partial charge on any atom is -0.478 e. The Hall–Kier alpha value is -1.95. The summed E-state index contributed by atoms with van der Waals surface area (Å²) < 4.78 is 13.1. The summed E-state index contributed by atoms with van der Waals surface area (Å²) in [5, 5.41) is 11.5. The first-order valence-corrected chi connectivity index (χ1v) is 6.86. The Morgan fingerprint density at radius 1 is 1.38 bits per heavy atom. The van der Waals surface area contributed by atoms with Gasteiger partial charge in [-0.1, -0.05) is 13.8 Å². The molecule has 116 valence electrons. The van der Waals surface area contributed by atoms with Gasteiger partial charge in [-0.05, 0) is 43.0 Å². The van der Waals surface area contributed by atoms with E-state index in [0.717, 1.165) is 18.6 Å². The van der Waals surface area contributed by atoms with Gasteiger partial charge in [-0.2, -0.15) is 0 Å². The summed E-state index contributed by atoms with van der Waals surface area (Å²) in [6, 6.07) is 3.24. The zero-order valence-corrected chi connectivity index (χ0v) is 12.2. The number of amides is 1. The highest BCUT2D eigenvalue weighted by Gasteiger charge is 2.17. The van der Waals surface area contributed by atoms with Crippen molar-refractivity contribution in [3.8, 4) is 0 Å². The molecular formula is C15H21FN2O3. The number of carboxylic acid groups (broad SMARTS) is 1. The van der Waals surface area contributed by atoms with Crippen LogP contribution in [0.1, 0.15) is 37.0 Å². The predicted molar refractivity (Wildman–Crippen MR) is 78.6 cm³/mol. The Bertz CT molecular complexity index is 518. The highest BCUT2D eigenvalue weighted by Crippen LogP contribution is 2.19. The van der Waals surface area contributed by atoms with Crippen molar-refractivity contribution in [2.24, 2.45) is 17.6 Å². The lowest BCUT2D eigenvalue weighted by molar-refractivity contribution is -0.117. The summed E-state index contributed by atoms with van der Waals surface area (Å²) in [4.78, 5) is 23.0. The first-order chi connectivity index (χ1) is 9.83. The Morgan fingerprint density at radius 2 is 2.05 bits per heavy atom.